The number of hydrogen-bond acceptors (Lipinski definition) is 3. The molecule has 1 unspecified atom stereocenters. The lowest BCUT2D eigenvalue weighted by molar-refractivity contribution is 0.534. The maximum absolute atomic E-state index is 12.1. The third-order valence-electron chi connectivity index (χ3n) is 2.85. The van der Waals surface area contributed by atoms with E-state index in [0.29, 0.717) is 23.2 Å². The largest absolute Gasteiger partial charge is 0.373 e. The van der Waals surface area contributed by atoms with Gasteiger partial charge in [-0.25, -0.2) is 4.68 Å². The number of aromatic nitrogens is 2. The first-order chi connectivity index (χ1) is 8.11. The highest BCUT2D eigenvalue weighted by Gasteiger charge is 2.23. The molecule has 0 amide bonds. The third-order valence-corrected chi connectivity index (χ3v) is 3.14. The van der Waals surface area contributed by atoms with E-state index in [2.05, 4.69) is 17.0 Å². The van der Waals surface area contributed by atoms with Gasteiger partial charge in [0, 0.05) is 12.6 Å². The Balaban J connectivity index is 2.28. The smallest absolute Gasteiger partial charge is 0.291 e. The summed E-state index contributed by atoms with van der Waals surface area (Å²) in [5.41, 5.74) is 0.257. The molecule has 1 aliphatic rings. The predicted molar refractivity (Wildman–Crippen MR) is 69.5 cm³/mol. The van der Waals surface area contributed by atoms with Crippen molar-refractivity contribution in [3.05, 3.63) is 34.2 Å². The third kappa shape index (κ3) is 2.88. The number of hydrogen-bond donors (Lipinski definition) is 1. The average Bonchev–Trinajstić information content (AvgIpc) is 3.12. The molecule has 0 saturated heterocycles. The van der Waals surface area contributed by atoms with Crippen LogP contribution in [-0.4, -0.2) is 15.8 Å². The highest BCUT2D eigenvalue weighted by Crippen LogP contribution is 2.30. The zero-order valence-electron chi connectivity index (χ0n) is 9.82. The molecule has 0 bridgehead atoms. The van der Waals surface area contributed by atoms with E-state index in [9.17, 15) is 4.79 Å². The van der Waals surface area contributed by atoms with E-state index in [0.717, 1.165) is 0 Å². The van der Waals surface area contributed by atoms with Crippen LogP contribution in [0.1, 0.15) is 19.8 Å². The molecule has 1 heterocycles. The summed E-state index contributed by atoms with van der Waals surface area (Å²) in [6.07, 6.45) is 5.61. The number of halogens is 1. The van der Waals surface area contributed by atoms with Crippen LogP contribution in [0.5, 0.6) is 0 Å². The van der Waals surface area contributed by atoms with Crippen molar-refractivity contribution >= 4 is 17.3 Å². The van der Waals surface area contributed by atoms with Crippen molar-refractivity contribution in [2.45, 2.75) is 32.4 Å². The summed E-state index contributed by atoms with van der Waals surface area (Å²) in [7, 11) is 0. The van der Waals surface area contributed by atoms with E-state index in [4.69, 9.17) is 11.6 Å². The van der Waals surface area contributed by atoms with Gasteiger partial charge in [-0.15, -0.1) is 6.58 Å². The fraction of sp³-hybridized carbons (Fsp3) is 0.500. The lowest BCUT2D eigenvalue weighted by atomic mass is 10.3. The van der Waals surface area contributed by atoms with Gasteiger partial charge in [0.25, 0.3) is 5.56 Å². The number of anilines is 1. The molecule has 0 aliphatic heterocycles. The van der Waals surface area contributed by atoms with Crippen molar-refractivity contribution in [1.82, 2.24) is 9.78 Å². The van der Waals surface area contributed by atoms with Gasteiger partial charge >= 0.3 is 0 Å². The molecule has 0 radical (unpaired) electrons. The highest BCUT2D eigenvalue weighted by atomic mass is 35.5. The maximum Gasteiger partial charge on any atom is 0.291 e. The lowest BCUT2D eigenvalue weighted by Gasteiger charge is -2.13. The molecule has 17 heavy (non-hydrogen) atoms. The quantitative estimate of drug-likeness (QED) is 0.819. The lowest BCUT2D eigenvalue weighted by Crippen LogP contribution is -2.28. The first kappa shape index (κ1) is 12.2. The Labute approximate surface area is 105 Å². The Morgan fingerprint density at radius 2 is 2.47 bits per heavy atom. The van der Waals surface area contributed by atoms with Gasteiger partial charge in [0.2, 0.25) is 0 Å². The molecule has 1 fully saturated rings. The van der Waals surface area contributed by atoms with Crippen molar-refractivity contribution < 1.29 is 0 Å². The fourth-order valence-corrected chi connectivity index (χ4v) is 1.74. The van der Waals surface area contributed by atoms with Crippen molar-refractivity contribution in [1.29, 1.82) is 0 Å². The summed E-state index contributed by atoms with van der Waals surface area (Å²) in [4.78, 5) is 12.1. The zero-order chi connectivity index (χ0) is 12.4. The minimum atomic E-state index is -0.155. The van der Waals surface area contributed by atoms with Crippen molar-refractivity contribution in [2.75, 3.05) is 5.32 Å². The highest BCUT2D eigenvalue weighted by molar-refractivity contribution is 6.33. The minimum absolute atomic E-state index is 0.00280. The molecule has 1 atom stereocenters. The Bertz CT molecular complexity index is 479. The molecule has 4 nitrogen and oxygen atoms in total. The van der Waals surface area contributed by atoms with Gasteiger partial charge in [0.1, 0.15) is 5.69 Å². The second-order valence-electron chi connectivity index (χ2n) is 4.47. The van der Waals surface area contributed by atoms with E-state index >= 15 is 0 Å². The summed E-state index contributed by atoms with van der Waals surface area (Å²) in [6.45, 7) is 6.27. The molecular formula is C12H16ClN3O. The van der Waals surface area contributed by atoms with Crippen LogP contribution >= 0.6 is 11.6 Å². The predicted octanol–water partition coefficient (Wildman–Crippen LogP) is 2.29. The average molecular weight is 254 g/mol. The van der Waals surface area contributed by atoms with Gasteiger partial charge in [-0.3, -0.25) is 4.79 Å². The maximum atomic E-state index is 12.1. The topological polar surface area (TPSA) is 46.9 Å². The molecular weight excluding hydrogens is 238 g/mol. The van der Waals surface area contributed by atoms with E-state index in [-0.39, 0.29) is 11.6 Å². The normalized spacial score (nSPS) is 16.6. The molecule has 92 valence electrons. The Morgan fingerprint density at radius 1 is 1.76 bits per heavy atom. The van der Waals surface area contributed by atoms with Gasteiger partial charge in [-0.1, -0.05) is 17.7 Å². The number of nitrogens with one attached hydrogen (secondary N) is 1. The molecule has 1 aromatic heterocycles. The van der Waals surface area contributed by atoms with E-state index < -0.39 is 0 Å². The van der Waals surface area contributed by atoms with Gasteiger partial charge in [-0.05, 0) is 25.7 Å². The van der Waals surface area contributed by atoms with Crippen molar-refractivity contribution in [2.24, 2.45) is 5.92 Å². The first-order valence-corrected chi connectivity index (χ1v) is 6.14. The zero-order valence-corrected chi connectivity index (χ0v) is 10.6. The Hall–Kier alpha value is -1.29. The SMILES string of the molecule is C=CC(C)Nc1c(Cl)cnn(CC2CC2)c1=O. The Morgan fingerprint density at radius 3 is 3.06 bits per heavy atom. The van der Waals surface area contributed by atoms with Crippen LogP contribution < -0.4 is 10.9 Å². The van der Waals surface area contributed by atoms with Crippen LogP contribution in [0.2, 0.25) is 5.02 Å². The Kier molecular flexibility index (Phi) is 3.52. The number of nitrogens with zero attached hydrogens (tertiary/aromatic N) is 2. The van der Waals surface area contributed by atoms with E-state index in [1.54, 1.807) is 6.08 Å². The standard InChI is InChI=1S/C12H16ClN3O/c1-3-8(2)15-11-10(13)6-14-16(12(11)17)7-9-4-5-9/h3,6,8-9,15H,1,4-5,7H2,2H3. The van der Waals surface area contributed by atoms with Crippen molar-refractivity contribution in [3.63, 3.8) is 0 Å². The summed E-state index contributed by atoms with van der Waals surface area (Å²) in [6, 6.07) is -0.00280. The van der Waals surface area contributed by atoms with E-state index in [1.165, 1.54) is 23.7 Å². The van der Waals surface area contributed by atoms with Gasteiger partial charge in [0.15, 0.2) is 0 Å². The van der Waals surface area contributed by atoms with Gasteiger partial charge in [-0.2, -0.15) is 5.10 Å². The fourth-order valence-electron chi connectivity index (χ4n) is 1.56. The molecule has 1 aliphatic carbocycles. The minimum Gasteiger partial charge on any atom is -0.373 e. The van der Waals surface area contributed by atoms with Crippen LogP contribution in [0, 0.1) is 5.92 Å². The van der Waals surface area contributed by atoms with Crippen molar-refractivity contribution in [3.8, 4) is 0 Å². The second kappa shape index (κ2) is 4.92. The second-order valence-corrected chi connectivity index (χ2v) is 4.87. The molecule has 1 N–H and O–H groups in total. The molecule has 5 heteroatoms. The van der Waals surface area contributed by atoms with Crippen LogP contribution in [0.4, 0.5) is 5.69 Å². The van der Waals surface area contributed by atoms with Crippen LogP contribution in [0.15, 0.2) is 23.6 Å². The van der Waals surface area contributed by atoms with Gasteiger partial charge in [0.05, 0.1) is 11.2 Å². The summed E-state index contributed by atoms with van der Waals surface area (Å²) < 4.78 is 1.49. The molecule has 1 aromatic rings. The number of rotatable bonds is 5. The summed E-state index contributed by atoms with van der Waals surface area (Å²) >= 11 is 5.98. The van der Waals surface area contributed by atoms with Crippen LogP contribution in [-0.2, 0) is 6.54 Å². The molecule has 0 aromatic carbocycles. The van der Waals surface area contributed by atoms with E-state index in [1.807, 2.05) is 6.92 Å². The van der Waals surface area contributed by atoms with Crippen LogP contribution in [0.3, 0.4) is 0 Å². The monoisotopic (exact) mass is 253 g/mol. The summed E-state index contributed by atoms with van der Waals surface area (Å²) in [5, 5.41) is 7.45. The van der Waals surface area contributed by atoms with Crippen LogP contribution in [0.25, 0.3) is 0 Å². The molecule has 1 saturated carbocycles. The molecule has 0 spiro atoms. The molecule has 2 rings (SSSR count). The van der Waals surface area contributed by atoms with Gasteiger partial charge < -0.3 is 5.32 Å². The first-order valence-electron chi connectivity index (χ1n) is 5.76. The summed E-state index contributed by atoms with van der Waals surface area (Å²) in [5.74, 6) is 0.603.